The van der Waals surface area contributed by atoms with Gasteiger partial charge in [0.2, 0.25) is 0 Å². The number of benzene rings is 2. The Hall–Kier alpha value is -3.39. The van der Waals surface area contributed by atoms with Crippen LogP contribution in [0, 0.1) is 5.92 Å². The molecule has 5 rings (SSSR count). The molecule has 8 nitrogen and oxygen atoms in total. The molecule has 2 heterocycles. The lowest BCUT2D eigenvalue weighted by Gasteiger charge is -2.28. The zero-order valence-electron chi connectivity index (χ0n) is 19.7. The Balaban J connectivity index is 1.25. The van der Waals surface area contributed by atoms with Gasteiger partial charge in [-0.1, -0.05) is 30.3 Å². The van der Waals surface area contributed by atoms with Crippen molar-refractivity contribution in [2.24, 2.45) is 5.92 Å². The van der Waals surface area contributed by atoms with Crippen molar-refractivity contribution in [3.05, 3.63) is 54.4 Å². The van der Waals surface area contributed by atoms with Crippen LogP contribution in [0.4, 0.5) is 10.6 Å². The van der Waals surface area contributed by atoms with Crippen molar-refractivity contribution in [3.63, 3.8) is 0 Å². The molecule has 1 saturated heterocycles. The molecular weight excluding hydrogens is 430 g/mol. The number of nitrogens with one attached hydrogen (secondary N) is 2. The van der Waals surface area contributed by atoms with Crippen LogP contribution in [-0.4, -0.2) is 60.8 Å². The maximum absolute atomic E-state index is 12.7. The second-order valence-corrected chi connectivity index (χ2v) is 9.26. The SMILES string of the molecule is COc1cc2c(NC(=O)N[C@@H]3C[C@H]3c3ccccc3)ncnc2cc1OCC1CCN(C)CC1. The Labute approximate surface area is 199 Å². The molecule has 3 aromatic rings. The van der Waals surface area contributed by atoms with Crippen LogP contribution in [0.1, 0.15) is 30.7 Å². The Kier molecular flexibility index (Phi) is 6.49. The van der Waals surface area contributed by atoms with Gasteiger partial charge in [0.15, 0.2) is 11.5 Å². The summed E-state index contributed by atoms with van der Waals surface area (Å²) in [6.45, 7) is 2.85. The van der Waals surface area contributed by atoms with E-state index in [1.54, 1.807) is 7.11 Å². The van der Waals surface area contributed by atoms with Crippen LogP contribution >= 0.6 is 0 Å². The van der Waals surface area contributed by atoms with Crippen molar-refractivity contribution in [2.45, 2.75) is 31.2 Å². The van der Waals surface area contributed by atoms with Gasteiger partial charge >= 0.3 is 6.03 Å². The number of rotatable bonds is 7. The number of methoxy groups -OCH3 is 1. The standard InChI is InChI=1S/C26H31N5O3/c1-31-10-8-17(9-11-31)15-34-24-14-21-20(13-23(24)33-2)25(28-16-27-21)30-26(32)29-22-12-19(22)18-6-4-3-5-7-18/h3-7,13-14,16-17,19,22H,8-12,15H2,1-2H3,(H2,27,28,29,30,32)/t19-,22+/m0/s1. The number of aromatic nitrogens is 2. The van der Waals surface area contributed by atoms with Crippen molar-refractivity contribution in [3.8, 4) is 11.5 Å². The van der Waals surface area contributed by atoms with Crippen molar-refractivity contribution < 1.29 is 14.3 Å². The molecule has 0 unspecified atom stereocenters. The molecule has 0 spiro atoms. The summed E-state index contributed by atoms with van der Waals surface area (Å²) in [5, 5.41) is 6.64. The minimum atomic E-state index is -0.273. The fourth-order valence-corrected chi connectivity index (χ4v) is 4.61. The van der Waals surface area contributed by atoms with Gasteiger partial charge in [-0.05, 0) is 56.9 Å². The molecule has 0 radical (unpaired) electrons. The second kappa shape index (κ2) is 9.85. The smallest absolute Gasteiger partial charge is 0.320 e. The Morgan fingerprint density at radius 3 is 2.68 bits per heavy atom. The number of piperidine rings is 1. The fraction of sp³-hybridized carbons (Fsp3) is 0.423. The van der Waals surface area contributed by atoms with E-state index in [0.29, 0.717) is 46.7 Å². The zero-order chi connectivity index (χ0) is 23.5. The number of anilines is 1. The van der Waals surface area contributed by atoms with Crippen LogP contribution < -0.4 is 20.1 Å². The first-order valence-electron chi connectivity index (χ1n) is 11.9. The van der Waals surface area contributed by atoms with Crippen molar-refractivity contribution in [1.29, 1.82) is 0 Å². The number of nitrogens with zero attached hydrogens (tertiary/aromatic N) is 3. The lowest BCUT2D eigenvalue weighted by atomic mass is 9.98. The van der Waals surface area contributed by atoms with Gasteiger partial charge in [-0.25, -0.2) is 14.8 Å². The van der Waals surface area contributed by atoms with Crippen LogP contribution in [0.5, 0.6) is 11.5 Å². The molecule has 1 aromatic heterocycles. The average molecular weight is 462 g/mol. The molecule has 2 amide bonds. The predicted octanol–water partition coefficient (Wildman–Crippen LogP) is 4.04. The Morgan fingerprint density at radius 1 is 1.12 bits per heavy atom. The number of hydrogen-bond donors (Lipinski definition) is 2. The van der Waals surface area contributed by atoms with E-state index in [2.05, 4.69) is 44.7 Å². The monoisotopic (exact) mass is 461 g/mol. The van der Waals surface area contributed by atoms with Crippen LogP contribution in [0.2, 0.25) is 0 Å². The summed E-state index contributed by atoms with van der Waals surface area (Å²) in [5.74, 6) is 2.60. The molecule has 34 heavy (non-hydrogen) atoms. The molecule has 1 aliphatic heterocycles. The molecular formula is C26H31N5O3. The number of likely N-dealkylation sites (tertiary alicyclic amines) is 1. The van der Waals surface area contributed by atoms with Crippen molar-refractivity contribution in [1.82, 2.24) is 20.2 Å². The lowest BCUT2D eigenvalue weighted by molar-refractivity contribution is 0.157. The molecule has 178 valence electrons. The largest absolute Gasteiger partial charge is 0.493 e. The van der Waals surface area contributed by atoms with Crippen molar-refractivity contribution in [2.75, 3.05) is 39.2 Å². The number of amides is 2. The number of carbonyl (C=O) groups excluding carboxylic acids is 1. The summed E-state index contributed by atoms with van der Waals surface area (Å²) < 4.78 is 11.7. The Bertz CT molecular complexity index is 1150. The number of fused-ring (bicyclic) bond motifs is 1. The van der Waals surface area contributed by atoms with E-state index in [-0.39, 0.29) is 12.1 Å². The maximum Gasteiger partial charge on any atom is 0.320 e. The molecule has 0 bridgehead atoms. The first kappa shape index (κ1) is 22.4. The maximum atomic E-state index is 12.7. The number of hydrogen-bond acceptors (Lipinski definition) is 6. The van der Waals surface area contributed by atoms with E-state index in [0.717, 1.165) is 32.4 Å². The third-order valence-corrected chi connectivity index (χ3v) is 6.80. The molecule has 2 aromatic carbocycles. The Morgan fingerprint density at radius 2 is 1.91 bits per heavy atom. The number of carbonyl (C=O) groups is 1. The molecule has 1 saturated carbocycles. The quantitative estimate of drug-likeness (QED) is 0.552. The third-order valence-electron chi connectivity index (χ3n) is 6.80. The highest BCUT2D eigenvalue weighted by atomic mass is 16.5. The van der Waals surface area contributed by atoms with Crippen LogP contribution in [-0.2, 0) is 0 Å². The highest BCUT2D eigenvalue weighted by Gasteiger charge is 2.39. The molecule has 1 aliphatic carbocycles. The highest BCUT2D eigenvalue weighted by Crippen LogP contribution is 2.40. The summed E-state index contributed by atoms with van der Waals surface area (Å²) in [7, 11) is 3.77. The van der Waals surface area contributed by atoms with Gasteiger partial charge in [-0.3, -0.25) is 5.32 Å². The highest BCUT2D eigenvalue weighted by molar-refractivity contribution is 5.99. The van der Waals surface area contributed by atoms with E-state index < -0.39 is 0 Å². The minimum Gasteiger partial charge on any atom is -0.493 e. The van der Waals surface area contributed by atoms with Gasteiger partial charge in [-0.2, -0.15) is 0 Å². The average Bonchev–Trinajstić information content (AvgIpc) is 3.62. The van der Waals surface area contributed by atoms with E-state index in [1.807, 2.05) is 30.3 Å². The summed E-state index contributed by atoms with van der Waals surface area (Å²) >= 11 is 0. The van der Waals surface area contributed by atoms with Gasteiger partial charge in [0.05, 0.1) is 19.2 Å². The minimum absolute atomic E-state index is 0.129. The predicted molar refractivity (Wildman–Crippen MR) is 132 cm³/mol. The van der Waals surface area contributed by atoms with E-state index in [9.17, 15) is 4.79 Å². The molecule has 2 N–H and O–H groups in total. The third kappa shape index (κ3) is 5.07. The van der Waals surface area contributed by atoms with Crippen LogP contribution in [0.25, 0.3) is 10.9 Å². The summed E-state index contributed by atoms with van der Waals surface area (Å²) in [4.78, 5) is 23.7. The lowest BCUT2D eigenvalue weighted by Crippen LogP contribution is -2.32. The first-order valence-corrected chi connectivity index (χ1v) is 11.9. The van der Waals surface area contributed by atoms with Crippen LogP contribution in [0.15, 0.2) is 48.8 Å². The van der Waals surface area contributed by atoms with Crippen molar-refractivity contribution >= 4 is 22.8 Å². The van der Waals surface area contributed by atoms with Crippen LogP contribution in [0.3, 0.4) is 0 Å². The summed E-state index contributed by atoms with van der Waals surface area (Å²) in [6.07, 6.45) is 4.65. The van der Waals surface area contributed by atoms with E-state index >= 15 is 0 Å². The summed E-state index contributed by atoms with van der Waals surface area (Å²) in [6, 6.07) is 13.8. The molecule has 2 aliphatic rings. The number of urea groups is 1. The number of ether oxygens (including phenoxy) is 2. The topological polar surface area (TPSA) is 88.6 Å². The molecule has 8 heteroatoms. The van der Waals surface area contributed by atoms with Gasteiger partial charge in [0.1, 0.15) is 12.1 Å². The van der Waals surface area contributed by atoms with Gasteiger partial charge < -0.3 is 19.7 Å². The zero-order valence-corrected chi connectivity index (χ0v) is 19.7. The van der Waals surface area contributed by atoms with Gasteiger partial charge in [0.25, 0.3) is 0 Å². The van der Waals surface area contributed by atoms with Gasteiger partial charge in [0, 0.05) is 23.4 Å². The second-order valence-electron chi connectivity index (χ2n) is 9.26. The van der Waals surface area contributed by atoms with Gasteiger partial charge in [-0.15, -0.1) is 0 Å². The molecule has 2 atom stereocenters. The van der Waals surface area contributed by atoms with E-state index in [1.165, 1.54) is 11.9 Å². The normalized spacial score (nSPS) is 20.6. The fourth-order valence-electron chi connectivity index (χ4n) is 4.61. The molecule has 2 fully saturated rings. The first-order chi connectivity index (χ1) is 16.6. The summed E-state index contributed by atoms with van der Waals surface area (Å²) in [5.41, 5.74) is 1.94. The van der Waals surface area contributed by atoms with E-state index in [4.69, 9.17) is 9.47 Å².